The lowest BCUT2D eigenvalue weighted by atomic mass is 10.2. The van der Waals surface area contributed by atoms with Gasteiger partial charge < -0.3 is 4.57 Å². The monoisotopic (exact) mass is 339 g/mol. The fourth-order valence-corrected chi connectivity index (χ4v) is 2.89. The first kappa shape index (κ1) is 15.3. The zero-order chi connectivity index (χ0) is 17.4. The zero-order valence-corrected chi connectivity index (χ0v) is 13.4. The lowest BCUT2D eigenvalue weighted by Gasteiger charge is -2.07. The van der Waals surface area contributed by atoms with Crippen LogP contribution in [-0.2, 0) is 13.1 Å². The summed E-state index contributed by atoms with van der Waals surface area (Å²) in [5.41, 5.74) is 1.62. The topological polar surface area (TPSA) is 78.7 Å². The molecule has 0 amide bonds. The molecule has 3 aromatic heterocycles. The number of pyridine rings is 1. The number of hydrogen-bond donors (Lipinski definition) is 0. The van der Waals surface area contributed by atoms with Gasteiger partial charge in [-0.3, -0.25) is 9.51 Å². The van der Waals surface area contributed by atoms with E-state index < -0.39 is 11.6 Å². The minimum Gasteiger partial charge on any atom is -0.327 e. The summed E-state index contributed by atoms with van der Waals surface area (Å²) < 4.78 is 22.1. The van der Waals surface area contributed by atoms with Gasteiger partial charge in [-0.1, -0.05) is 11.2 Å². The molecule has 126 valence electrons. The lowest BCUT2D eigenvalue weighted by Crippen LogP contribution is -2.19. The smallest absolute Gasteiger partial charge is 0.327 e. The van der Waals surface area contributed by atoms with Gasteiger partial charge in [0.25, 0.3) is 0 Å². The molecule has 0 bridgehead atoms. The highest BCUT2D eigenvalue weighted by Gasteiger charge is 2.18. The third-order valence-corrected chi connectivity index (χ3v) is 4.03. The van der Waals surface area contributed by atoms with Crippen molar-refractivity contribution in [2.24, 2.45) is 0 Å². The van der Waals surface area contributed by atoms with Gasteiger partial charge in [0.2, 0.25) is 0 Å². The van der Waals surface area contributed by atoms with E-state index in [-0.39, 0.29) is 12.1 Å². The summed E-state index contributed by atoms with van der Waals surface area (Å²) in [5, 5.41) is 3.83. The Morgan fingerprint density at radius 1 is 1.20 bits per heavy atom. The SMILES string of the molecule is CCn1c(Cn2c(-c3cccnc3)noc2=O)nc2c(F)cccc21. The second kappa shape index (κ2) is 5.97. The second-order valence-corrected chi connectivity index (χ2v) is 5.48. The summed E-state index contributed by atoms with van der Waals surface area (Å²) >= 11 is 0. The van der Waals surface area contributed by atoms with Gasteiger partial charge in [0.05, 0.1) is 12.1 Å². The molecule has 0 saturated heterocycles. The molecule has 7 nitrogen and oxygen atoms in total. The lowest BCUT2D eigenvalue weighted by molar-refractivity contribution is 0.377. The third-order valence-electron chi connectivity index (χ3n) is 4.03. The van der Waals surface area contributed by atoms with Gasteiger partial charge in [0.15, 0.2) is 11.6 Å². The summed E-state index contributed by atoms with van der Waals surface area (Å²) in [7, 11) is 0. The van der Waals surface area contributed by atoms with Crippen molar-refractivity contribution in [2.75, 3.05) is 0 Å². The van der Waals surface area contributed by atoms with Crippen molar-refractivity contribution < 1.29 is 8.91 Å². The Morgan fingerprint density at radius 2 is 2.08 bits per heavy atom. The van der Waals surface area contributed by atoms with Crippen LogP contribution in [0.25, 0.3) is 22.4 Å². The van der Waals surface area contributed by atoms with Crippen LogP contribution in [0.3, 0.4) is 0 Å². The van der Waals surface area contributed by atoms with Crippen molar-refractivity contribution in [2.45, 2.75) is 20.0 Å². The number of nitrogens with zero attached hydrogens (tertiary/aromatic N) is 5. The molecule has 4 rings (SSSR count). The number of fused-ring (bicyclic) bond motifs is 1. The number of para-hydroxylation sites is 1. The molecule has 0 N–H and O–H groups in total. The first-order chi connectivity index (χ1) is 12.2. The van der Waals surface area contributed by atoms with Gasteiger partial charge in [0.1, 0.15) is 11.3 Å². The van der Waals surface area contributed by atoms with Crippen LogP contribution in [0.5, 0.6) is 0 Å². The van der Waals surface area contributed by atoms with E-state index in [9.17, 15) is 9.18 Å². The van der Waals surface area contributed by atoms with Crippen molar-refractivity contribution in [3.63, 3.8) is 0 Å². The largest absolute Gasteiger partial charge is 0.442 e. The van der Waals surface area contributed by atoms with Crippen molar-refractivity contribution >= 4 is 11.0 Å². The van der Waals surface area contributed by atoms with Gasteiger partial charge in [-0.15, -0.1) is 0 Å². The van der Waals surface area contributed by atoms with Gasteiger partial charge in [-0.05, 0) is 31.2 Å². The molecule has 3 heterocycles. The van der Waals surface area contributed by atoms with Crippen LogP contribution in [0.2, 0.25) is 0 Å². The van der Waals surface area contributed by atoms with Crippen molar-refractivity contribution in [1.29, 1.82) is 0 Å². The summed E-state index contributed by atoms with van der Waals surface area (Å²) in [6.45, 7) is 2.65. The molecule has 0 fully saturated rings. The summed E-state index contributed by atoms with van der Waals surface area (Å²) in [4.78, 5) is 20.5. The molecule has 1 aromatic carbocycles. The first-order valence-corrected chi connectivity index (χ1v) is 7.79. The highest BCUT2D eigenvalue weighted by atomic mass is 19.1. The van der Waals surface area contributed by atoms with Crippen molar-refractivity contribution in [3.05, 3.63) is 64.9 Å². The average molecular weight is 339 g/mol. The quantitative estimate of drug-likeness (QED) is 0.571. The zero-order valence-electron chi connectivity index (χ0n) is 13.4. The minimum atomic E-state index is -0.603. The maximum absolute atomic E-state index is 14.0. The molecular weight excluding hydrogens is 325 g/mol. The normalized spacial score (nSPS) is 11.3. The number of hydrogen-bond acceptors (Lipinski definition) is 5. The Morgan fingerprint density at radius 3 is 2.84 bits per heavy atom. The molecule has 0 radical (unpaired) electrons. The Hall–Kier alpha value is -3.29. The number of aromatic nitrogens is 5. The number of imidazole rings is 1. The van der Waals surface area contributed by atoms with Gasteiger partial charge in [0, 0.05) is 24.5 Å². The van der Waals surface area contributed by atoms with Crippen LogP contribution in [-0.4, -0.2) is 24.3 Å². The molecule has 0 aliphatic rings. The van der Waals surface area contributed by atoms with Gasteiger partial charge in [-0.25, -0.2) is 18.7 Å². The predicted octanol–water partition coefficient (Wildman–Crippen LogP) is 2.46. The molecule has 8 heteroatoms. The van der Waals surface area contributed by atoms with E-state index in [4.69, 9.17) is 4.52 Å². The minimum absolute atomic E-state index is 0.120. The van der Waals surface area contributed by atoms with E-state index in [0.29, 0.717) is 29.3 Å². The van der Waals surface area contributed by atoms with Crippen molar-refractivity contribution in [3.8, 4) is 11.4 Å². The molecular formula is C17H14FN5O2. The van der Waals surface area contributed by atoms with Crippen LogP contribution in [0.15, 0.2) is 52.0 Å². The van der Waals surface area contributed by atoms with E-state index >= 15 is 0 Å². The molecule has 25 heavy (non-hydrogen) atoms. The van der Waals surface area contributed by atoms with E-state index in [2.05, 4.69) is 15.1 Å². The molecule has 0 atom stereocenters. The summed E-state index contributed by atoms with van der Waals surface area (Å²) in [6, 6.07) is 8.34. The molecule has 4 aromatic rings. The van der Waals surface area contributed by atoms with Crippen LogP contribution < -0.4 is 5.76 Å². The van der Waals surface area contributed by atoms with E-state index in [1.54, 1.807) is 36.7 Å². The predicted molar refractivity (Wildman–Crippen MR) is 88.5 cm³/mol. The maximum Gasteiger partial charge on any atom is 0.442 e. The fraction of sp³-hybridized carbons (Fsp3) is 0.176. The number of benzene rings is 1. The first-order valence-electron chi connectivity index (χ1n) is 7.79. The average Bonchev–Trinajstić information content (AvgIpc) is 3.17. The number of aryl methyl sites for hydroxylation is 1. The summed E-state index contributed by atoms with van der Waals surface area (Å²) in [6.07, 6.45) is 3.22. The molecule has 0 aliphatic heterocycles. The molecule has 0 spiro atoms. The molecule has 0 saturated carbocycles. The maximum atomic E-state index is 14.0. The Labute approximate surface area is 141 Å². The Bertz CT molecular complexity index is 1100. The highest BCUT2D eigenvalue weighted by molar-refractivity contribution is 5.76. The Kier molecular flexibility index (Phi) is 3.64. The van der Waals surface area contributed by atoms with Crippen LogP contribution in [0, 0.1) is 5.82 Å². The second-order valence-electron chi connectivity index (χ2n) is 5.48. The van der Waals surface area contributed by atoms with E-state index in [1.807, 2.05) is 11.5 Å². The highest BCUT2D eigenvalue weighted by Crippen LogP contribution is 2.21. The van der Waals surface area contributed by atoms with Gasteiger partial charge in [-0.2, -0.15) is 0 Å². The molecule has 0 aliphatic carbocycles. The van der Waals surface area contributed by atoms with Crippen molar-refractivity contribution in [1.82, 2.24) is 24.3 Å². The van der Waals surface area contributed by atoms with Crippen LogP contribution in [0.4, 0.5) is 4.39 Å². The standard InChI is InChI=1S/C17H14FN5O2/c1-2-22-13-7-3-6-12(18)15(13)20-14(22)10-23-16(21-25-17(23)24)11-5-4-8-19-9-11/h3-9H,2,10H2,1H3. The summed E-state index contributed by atoms with van der Waals surface area (Å²) in [5.74, 6) is -0.0866. The fourth-order valence-electron chi connectivity index (χ4n) is 2.89. The van der Waals surface area contributed by atoms with Gasteiger partial charge >= 0.3 is 5.76 Å². The number of rotatable bonds is 4. The Balaban J connectivity index is 1.85. The van der Waals surface area contributed by atoms with Crippen LogP contribution in [0.1, 0.15) is 12.7 Å². The molecule has 0 unspecified atom stereocenters. The van der Waals surface area contributed by atoms with Crippen LogP contribution >= 0.6 is 0 Å². The number of halogens is 1. The van der Waals surface area contributed by atoms with E-state index in [0.717, 1.165) is 0 Å². The van der Waals surface area contributed by atoms with E-state index in [1.165, 1.54) is 10.6 Å². The third kappa shape index (κ3) is 2.51.